The highest BCUT2D eigenvalue weighted by molar-refractivity contribution is 5.97. The molecule has 3 heterocycles. The first-order valence-electron chi connectivity index (χ1n) is 21.7. The molecule has 1 atom stereocenters. The van der Waals surface area contributed by atoms with E-state index in [0.717, 1.165) is 94.9 Å². The molecule has 4 nitrogen and oxygen atoms in total. The number of rotatable bonds is 9. The average Bonchev–Trinajstić information content (AvgIpc) is 3.39. The van der Waals surface area contributed by atoms with Crippen LogP contribution in [0.15, 0.2) is 243 Å². The molecule has 302 valence electrons. The minimum atomic E-state index is -0.0585. The predicted octanol–water partition coefficient (Wildman–Crippen LogP) is 14.8. The van der Waals surface area contributed by atoms with Crippen molar-refractivity contribution in [1.29, 1.82) is 0 Å². The second-order valence-corrected chi connectivity index (χ2v) is 16.1. The van der Waals surface area contributed by atoms with Crippen molar-refractivity contribution in [2.24, 2.45) is 0 Å². The van der Waals surface area contributed by atoms with E-state index in [9.17, 15) is 0 Å². The summed E-state index contributed by atoms with van der Waals surface area (Å²) in [6, 6.07) is 80.7. The number of allylic oxidation sites excluding steroid dienone is 2. The van der Waals surface area contributed by atoms with Gasteiger partial charge in [0.1, 0.15) is 0 Å². The Bertz CT molecular complexity index is 3250. The highest BCUT2D eigenvalue weighted by atomic mass is 14.9. The lowest BCUT2D eigenvalue weighted by Gasteiger charge is -2.26. The van der Waals surface area contributed by atoms with Crippen LogP contribution in [0.5, 0.6) is 0 Å². The normalized spacial score (nSPS) is 13.5. The van der Waals surface area contributed by atoms with Crippen LogP contribution in [0.1, 0.15) is 22.7 Å². The monoisotopic (exact) mass is 818 g/mol. The molecule has 0 aliphatic carbocycles. The lowest BCUT2D eigenvalue weighted by molar-refractivity contribution is 0.767. The number of dihydropyridines is 1. The molecular weight excluding hydrogens is 777 g/mol. The topological polar surface area (TPSA) is 50.7 Å². The highest BCUT2D eigenvalue weighted by Crippen LogP contribution is 2.39. The summed E-state index contributed by atoms with van der Waals surface area (Å²) in [7, 11) is 0. The molecule has 0 bridgehead atoms. The third-order valence-corrected chi connectivity index (χ3v) is 11.9. The van der Waals surface area contributed by atoms with Gasteiger partial charge in [-0.15, -0.1) is 0 Å². The minimum Gasteiger partial charge on any atom is -0.374 e. The molecule has 1 aliphatic heterocycles. The molecule has 64 heavy (non-hydrogen) atoms. The van der Waals surface area contributed by atoms with E-state index < -0.39 is 0 Å². The van der Waals surface area contributed by atoms with E-state index in [1.165, 1.54) is 5.56 Å². The van der Waals surface area contributed by atoms with E-state index in [0.29, 0.717) is 5.82 Å². The van der Waals surface area contributed by atoms with Gasteiger partial charge in [0, 0.05) is 33.3 Å². The third-order valence-electron chi connectivity index (χ3n) is 11.9. The lowest BCUT2D eigenvalue weighted by Crippen LogP contribution is -2.21. The Kier molecular flexibility index (Phi) is 10.3. The molecule has 0 saturated heterocycles. The van der Waals surface area contributed by atoms with Gasteiger partial charge < -0.3 is 5.32 Å². The molecule has 0 spiro atoms. The van der Waals surface area contributed by atoms with E-state index in [1.807, 2.05) is 18.2 Å². The summed E-state index contributed by atoms with van der Waals surface area (Å²) >= 11 is 0. The first kappa shape index (κ1) is 38.5. The van der Waals surface area contributed by atoms with Gasteiger partial charge in [-0.3, -0.25) is 0 Å². The summed E-state index contributed by atoms with van der Waals surface area (Å²) in [5.41, 5.74) is 17.5. The summed E-state index contributed by atoms with van der Waals surface area (Å²) in [5.74, 6) is 0.654. The molecule has 4 heteroatoms. The number of aromatic nitrogens is 3. The van der Waals surface area contributed by atoms with Gasteiger partial charge in [0.15, 0.2) is 5.82 Å². The fourth-order valence-electron chi connectivity index (χ4n) is 8.62. The Morgan fingerprint density at radius 2 is 0.844 bits per heavy atom. The number of nitrogens with one attached hydrogen (secondary N) is 1. The molecule has 1 unspecified atom stereocenters. The summed E-state index contributed by atoms with van der Waals surface area (Å²) in [4.78, 5) is 16.1. The Morgan fingerprint density at radius 1 is 0.344 bits per heavy atom. The van der Waals surface area contributed by atoms with E-state index in [4.69, 9.17) is 15.0 Å². The van der Waals surface area contributed by atoms with Crippen LogP contribution in [0.4, 0.5) is 0 Å². The Balaban J connectivity index is 1.17. The maximum Gasteiger partial charge on any atom is 0.160 e. The van der Waals surface area contributed by atoms with Gasteiger partial charge in [-0.05, 0) is 99.1 Å². The first-order valence-corrected chi connectivity index (χ1v) is 21.7. The summed E-state index contributed by atoms with van der Waals surface area (Å²) in [5, 5.41) is 4.85. The molecule has 8 aromatic carbocycles. The van der Waals surface area contributed by atoms with Crippen LogP contribution < -0.4 is 5.32 Å². The standard InChI is InChI=1S/C60H42N4/c1-7-19-41(20-8-1)47-31-32-53-58(36-47)63-60(64-59(53)46-29-17-6-18-30-46)52-34-48(50-37-54(42-21-9-2-10-22-42)61-55(38-50)43-23-11-3-12-24-43)33-49(35-52)51-39-56(44-25-13-4-14-26-44)62-57(40-51)45-27-15-5-16-28-45/h1-40,54,61H. The van der Waals surface area contributed by atoms with Crippen LogP contribution in [-0.4, -0.2) is 15.0 Å². The van der Waals surface area contributed by atoms with Crippen LogP contribution >= 0.6 is 0 Å². The molecule has 1 N–H and O–H groups in total. The summed E-state index contributed by atoms with van der Waals surface area (Å²) in [6.07, 6.45) is 4.61. The summed E-state index contributed by atoms with van der Waals surface area (Å²) < 4.78 is 0. The van der Waals surface area contributed by atoms with Crippen LogP contribution in [0, 0.1) is 0 Å². The van der Waals surface area contributed by atoms with Gasteiger partial charge in [0.05, 0.1) is 28.6 Å². The van der Waals surface area contributed by atoms with Gasteiger partial charge in [-0.25, -0.2) is 15.0 Å². The number of hydrogen-bond acceptors (Lipinski definition) is 4. The van der Waals surface area contributed by atoms with Crippen LogP contribution in [0.2, 0.25) is 0 Å². The zero-order chi connectivity index (χ0) is 42.7. The Labute approximate surface area is 373 Å². The summed E-state index contributed by atoms with van der Waals surface area (Å²) in [6.45, 7) is 0. The maximum absolute atomic E-state index is 5.45. The number of hydrogen-bond donors (Lipinski definition) is 1. The van der Waals surface area contributed by atoms with Gasteiger partial charge in [0.2, 0.25) is 0 Å². The average molecular weight is 819 g/mol. The Morgan fingerprint density at radius 3 is 1.45 bits per heavy atom. The van der Waals surface area contributed by atoms with Gasteiger partial charge in [-0.2, -0.15) is 0 Å². The van der Waals surface area contributed by atoms with E-state index in [2.05, 4.69) is 230 Å². The minimum absolute atomic E-state index is 0.0585. The lowest BCUT2D eigenvalue weighted by atomic mass is 9.90. The fraction of sp³-hybridized carbons (Fsp3) is 0.0167. The second-order valence-electron chi connectivity index (χ2n) is 16.1. The van der Waals surface area contributed by atoms with Crippen molar-refractivity contribution >= 4 is 22.2 Å². The molecule has 0 radical (unpaired) electrons. The third kappa shape index (κ3) is 7.92. The van der Waals surface area contributed by atoms with Crippen LogP contribution in [0.3, 0.4) is 0 Å². The molecule has 2 aromatic heterocycles. The van der Waals surface area contributed by atoms with Gasteiger partial charge in [0.25, 0.3) is 0 Å². The van der Waals surface area contributed by atoms with E-state index >= 15 is 0 Å². The molecule has 0 fully saturated rings. The van der Waals surface area contributed by atoms with Gasteiger partial charge >= 0.3 is 0 Å². The number of nitrogens with zero attached hydrogens (tertiary/aromatic N) is 3. The fourth-order valence-corrected chi connectivity index (χ4v) is 8.62. The van der Waals surface area contributed by atoms with Crippen molar-refractivity contribution in [1.82, 2.24) is 20.3 Å². The second kappa shape index (κ2) is 17.1. The molecule has 1 aliphatic rings. The number of fused-ring (bicyclic) bond motifs is 1. The predicted molar refractivity (Wildman–Crippen MR) is 265 cm³/mol. The molecule has 0 amide bonds. The molecular formula is C60H42N4. The molecule has 11 rings (SSSR count). The van der Waals surface area contributed by atoms with Crippen molar-refractivity contribution in [2.75, 3.05) is 0 Å². The Hall–Kier alpha value is -8.47. The van der Waals surface area contributed by atoms with Crippen LogP contribution in [-0.2, 0) is 0 Å². The quantitative estimate of drug-likeness (QED) is 0.158. The van der Waals surface area contributed by atoms with Crippen molar-refractivity contribution in [2.45, 2.75) is 6.04 Å². The van der Waals surface area contributed by atoms with Crippen molar-refractivity contribution in [3.05, 3.63) is 259 Å². The highest BCUT2D eigenvalue weighted by Gasteiger charge is 2.21. The largest absolute Gasteiger partial charge is 0.374 e. The van der Waals surface area contributed by atoms with Crippen molar-refractivity contribution in [3.8, 4) is 67.4 Å². The molecule has 0 saturated carbocycles. The number of pyridine rings is 1. The van der Waals surface area contributed by atoms with Crippen molar-refractivity contribution in [3.63, 3.8) is 0 Å². The van der Waals surface area contributed by atoms with Crippen molar-refractivity contribution < 1.29 is 0 Å². The zero-order valence-corrected chi connectivity index (χ0v) is 35.0. The van der Waals surface area contributed by atoms with E-state index in [-0.39, 0.29) is 6.04 Å². The smallest absolute Gasteiger partial charge is 0.160 e. The van der Waals surface area contributed by atoms with Crippen LogP contribution in [0.25, 0.3) is 89.6 Å². The first-order chi connectivity index (χ1) is 31.7. The van der Waals surface area contributed by atoms with Gasteiger partial charge in [-0.1, -0.05) is 188 Å². The zero-order valence-electron chi connectivity index (χ0n) is 35.0. The maximum atomic E-state index is 5.45. The molecule has 10 aromatic rings. The SMILES string of the molecule is C1=C(c2cc(-c3cc(-c4ccccc4)nc(-c4ccccc4)c3)cc(-c3nc(-c4ccccc4)c4ccc(-c5ccccc5)cc4n3)c2)C=C(c2ccccc2)NC1c1ccccc1. The van der Waals surface area contributed by atoms with E-state index in [1.54, 1.807) is 0 Å². The number of benzene rings is 8.